The summed E-state index contributed by atoms with van der Waals surface area (Å²) in [6, 6.07) is 42.6. The van der Waals surface area contributed by atoms with Gasteiger partial charge in [-0.05, 0) is 97.1 Å². The standard InChI is InChI=1S/C35H20N6O/c36-21-23-9-13-25(14-10-23)33-38-34(26-15-11-24(22-37)12-16-26)40-35(39-33)27-17-19-28(20-18-27)41-29-5-1-3-7-31(29)42-32-8-4-2-6-30(32)41/h1-20H. The van der Waals surface area contributed by atoms with Crippen LogP contribution in [0, 0.1) is 22.7 Å². The molecule has 2 heterocycles. The molecule has 7 nitrogen and oxygen atoms in total. The van der Waals surface area contributed by atoms with E-state index < -0.39 is 0 Å². The molecule has 0 N–H and O–H groups in total. The van der Waals surface area contributed by atoms with Crippen LogP contribution in [0.15, 0.2) is 121 Å². The Labute approximate surface area is 242 Å². The van der Waals surface area contributed by atoms with E-state index in [-0.39, 0.29) is 0 Å². The van der Waals surface area contributed by atoms with Gasteiger partial charge in [0, 0.05) is 22.4 Å². The first-order chi connectivity index (χ1) is 20.7. The van der Waals surface area contributed by atoms with Crippen molar-refractivity contribution in [1.29, 1.82) is 10.5 Å². The van der Waals surface area contributed by atoms with E-state index in [1.165, 1.54) is 0 Å². The number of hydrogen-bond acceptors (Lipinski definition) is 7. The van der Waals surface area contributed by atoms with E-state index >= 15 is 0 Å². The summed E-state index contributed by atoms with van der Waals surface area (Å²) in [7, 11) is 0. The van der Waals surface area contributed by atoms with E-state index in [9.17, 15) is 10.5 Å². The zero-order valence-electron chi connectivity index (χ0n) is 22.1. The molecule has 0 radical (unpaired) electrons. The number of benzene rings is 5. The van der Waals surface area contributed by atoms with Crippen molar-refractivity contribution in [2.45, 2.75) is 0 Å². The smallest absolute Gasteiger partial charge is 0.164 e. The van der Waals surface area contributed by atoms with Crippen LogP contribution in [0.25, 0.3) is 34.2 Å². The van der Waals surface area contributed by atoms with Crippen LogP contribution in [0.4, 0.5) is 17.1 Å². The lowest BCUT2D eigenvalue weighted by atomic mass is 10.1. The average Bonchev–Trinajstić information content (AvgIpc) is 3.07. The predicted molar refractivity (Wildman–Crippen MR) is 160 cm³/mol. The number of fused-ring (bicyclic) bond motifs is 2. The van der Waals surface area contributed by atoms with Crippen molar-refractivity contribution in [3.8, 4) is 57.8 Å². The molecule has 0 saturated heterocycles. The zero-order valence-corrected chi connectivity index (χ0v) is 22.1. The van der Waals surface area contributed by atoms with Gasteiger partial charge in [0.05, 0.1) is 34.6 Å². The van der Waals surface area contributed by atoms with Crippen LogP contribution in [0.1, 0.15) is 11.1 Å². The van der Waals surface area contributed by atoms with Crippen molar-refractivity contribution >= 4 is 17.1 Å². The summed E-state index contributed by atoms with van der Waals surface area (Å²) in [6.07, 6.45) is 0. The van der Waals surface area contributed by atoms with E-state index in [4.69, 9.17) is 19.7 Å². The fourth-order valence-electron chi connectivity index (χ4n) is 4.89. The zero-order chi connectivity index (χ0) is 28.5. The normalized spacial score (nSPS) is 11.4. The number of anilines is 3. The number of rotatable bonds is 4. The topological polar surface area (TPSA) is 98.7 Å². The number of nitriles is 2. The molecule has 42 heavy (non-hydrogen) atoms. The molecule has 0 spiro atoms. The predicted octanol–water partition coefficient (Wildman–Crippen LogP) is 8.19. The van der Waals surface area contributed by atoms with Gasteiger partial charge in [-0.3, -0.25) is 0 Å². The summed E-state index contributed by atoms with van der Waals surface area (Å²) < 4.78 is 6.16. The minimum Gasteiger partial charge on any atom is -0.453 e. The maximum Gasteiger partial charge on any atom is 0.164 e. The molecule has 5 aromatic carbocycles. The highest BCUT2D eigenvalue weighted by molar-refractivity contribution is 5.86. The Bertz CT molecular complexity index is 1900. The van der Waals surface area contributed by atoms with E-state index in [1.54, 1.807) is 24.3 Å². The van der Waals surface area contributed by atoms with Crippen LogP contribution in [0.3, 0.4) is 0 Å². The molecule has 0 aliphatic carbocycles. The van der Waals surface area contributed by atoms with E-state index in [1.807, 2.05) is 97.1 Å². The molecular weight excluding hydrogens is 520 g/mol. The molecule has 7 rings (SSSR count). The number of para-hydroxylation sites is 4. The lowest BCUT2D eigenvalue weighted by molar-refractivity contribution is 0.477. The van der Waals surface area contributed by atoms with Gasteiger partial charge in [-0.15, -0.1) is 0 Å². The molecule has 0 saturated carbocycles. The summed E-state index contributed by atoms with van der Waals surface area (Å²) in [6.45, 7) is 0. The SMILES string of the molecule is N#Cc1ccc(-c2nc(-c3ccc(C#N)cc3)nc(-c3ccc(N4c5ccccc5Oc5ccccc54)cc3)n2)cc1. The van der Waals surface area contributed by atoms with Crippen molar-refractivity contribution in [3.05, 3.63) is 132 Å². The van der Waals surface area contributed by atoms with Gasteiger partial charge in [-0.1, -0.05) is 24.3 Å². The van der Waals surface area contributed by atoms with Crippen LogP contribution in [0.2, 0.25) is 0 Å². The molecule has 1 aliphatic heterocycles. The van der Waals surface area contributed by atoms with E-state index in [0.717, 1.165) is 45.3 Å². The van der Waals surface area contributed by atoms with Crippen LogP contribution < -0.4 is 9.64 Å². The highest BCUT2D eigenvalue weighted by Crippen LogP contribution is 2.50. The quantitative estimate of drug-likeness (QED) is 0.222. The lowest BCUT2D eigenvalue weighted by Crippen LogP contribution is -2.15. The third-order valence-corrected chi connectivity index (χ3v) is 7.00. The average molecular weight is 541 g/mol. The first kappa shape index (κ1) is 24.7. The molecule has 1 aromatic heterocycles. The minimum absolute atomic E-state index is 0.490. The summed E-state index contributed by atoms with van der Waals surface area (Å²) in [5.41, 5.74) is 6.35. The second kappa shape index (κ2) is 10.3. The molecule has 1 aliphatic rings. The summed E-state index contributed by atoms with van der Waals surface area (Å²) in [4.78, 5) is 16.5. The van der Waals surface area contributed by atoms with Crippen LogP contribution in [0.5, 0.6) is 11.5 Å². The van der Waals surface area contributed by atoms with Gasteiger partial charge in [0.15, 0.2) is 29.0 Å². The highest BCUT2D eigenvalue weighted by Gasteiger charge is 2.25. The molecular formula is C35H20N6O. The van der Waals surface area contributed by atoms with Gasteiger partial charge in [0.2, 0.25) is 0 Å². The Morgan fingerprint density at radius 1 is 0.476 bits per heavy atom. The van der Waals surface area contributed by atoms with Crippen molar-refractivity contribution in [2.75, 3.05) is 4.90 Å². The van der Waals surface area contributed by atoms with Gasteiger partial charge >= 0.3 is 0 Å². The Hall–Kier alpha value is -6.31. The molecule has 0 fully saturated rings. The first-order valence-corrected chi connectivity index (χ1v) is 13.2. The fourth-order valence-corrected chi connectivity index (χ4v) is 4.89. The molecule has 0 bridgehead atoms. The van der Waals surface area contributed by atoms with Gasteiger partial charge in [-0.25, -0.2) is 15.0 Å². The fraction of sp³-hybridized carbons (Fsp3) is 0. The minimum atomic E-state index is 0.490. The first-order valence-electron chi connectivity index (χ1n) is 13.2. The number of aromatic nitrogens is 3. The Kier molecular flexibility index (Phi) is 6.09. The molecule has 196 valence electrons. The Morgan fingerprint density at radius 3 is 1.26 bits per heavy atom. The maximum atomic E-state index is 9.23. The molecule has 7 heteroatoms. The molecule has 0 unspecified atom stereocenters. The lowest BCUT2D eigenvalue weighted by Gasteiger charge is -2.32. The van der Waals surface area contributed by atoms with Gasteiger partial charge in [-0.2, -0.15) is 10.5 Å². The largest absolute Gasteiger partial charge is 0.453 e. The van der Waals surface area contributed by atoms with Gasteiger partial charge < -0.3 is 9.64 Å². The molecule has 0 amide bonds. The highest BCUT2D eigenvalue weighted by atomic mass is 16.5. The number of hydrogen-bond donors (Lipinski definition) is 0. The third-order valence-electron chi connectivity index (χ3n) is 7.00. The molecule has 0 atom stereocenters. The van der Waals surface area contributed by atoms with Crippen molar-refractivity contribution < 1.29 is 4.74 Å². The number of ether oxygens (including phenoxy) is 1. The van der Waals surface area contributed by atoms with Crippen molar-refractivity contribution in [1.82, 2.24) is 15.0 Å². The third kappa shape index (κ3) is 4.48. The Morgan fingerprint density at radius 2 is 0.857 bits per heavy atom. The Balaban J connectivity index is 1.32. The molecule has 6 aromatic rings. The van der Waals surface area contributed by atoms with Gasteiger partial charge in [0.25, 0.3) is 0 Å². The summed E-state index contributed by atoms with van der Waals surface area (Å²) in [5.74, 6) is 3.07. The van der Waals surface area contributed by atoms with Gasteiger partial charge in [0.1, 0.15) is 0 Å². The van der Waals surface area contributed by atoms with E-state index in [0.29, 0.717) is 28.6 Å². The van der Waals surface area contributed by atoms with Crippen LogP contribution in [-0.4, -0.2) is 15.0 Å². The monoisotopic (exact) mass is 540 g/mol. The van der Waals surface area contributed by atoms with E-state index in [2.05, 4.69) is 17.0 Å². The second-order valence-corrected chi connectivity index (χ2v) is 9.60. The summed E-state index contributed by atoms with van der Waals surface area (Å²) in [5, 5.41) is 18.5. The van der Waals surface area contributed by atoms with Crippen molar-refractivity contribution in [3.63, 3.8) is 0 Å². The second-order valence-electron chi connectivity index (χ2n) is 9.60. The number of nitrogens with zero attached hydrogens (tertiary/aromatic N) is 6. The van der Waals surface area contributed by atoms with Crippen LogP contribution in [-0.2, 0) is 0 Å². The maximum absolute atomic E-state index is 9.23. The van der Waals surface area contributed by atoms with Crippen LogP contribution >= 0.6 is 0 Å². The summed E-state index contributed by atoms with van der Waals surface area (Å²) >= 11 is 0. The van der Waals surface area contributed by atoms with Crippen molar-refractivity contribution in [2.24, 2.45) is 0 Å².